The van der Waals surface area contributed by atoms with E-state index in [0.717, 1.165) is 13.1 Å². The number of benzene rings is 1. The molecule has 0 aliphatic carbocycles. The minimum Gasteiger partial charge on any atom is -0.469 e. The van der Waals surface area contributed by atoms with Gasteiger partial charge in [0.2, 0.25) is 5.91 Å². The van der Waals surface area contributed by atoms with Crippen molar-refractivity contribution in [3.63, 3.8) is 0 Å². The number of aryl methyl sites for hydroxylation is 2. The van der Waals surface area contributed by atoms with E-state index in [1.54, 1.807) is 13.0 Å². The molecule has 8 heteroatoms. The van der Waals surface area contributed by atoms with Crippen molar-refractivity contribution in [3.05, 3.63) is 64.6 Å². The monoisotopic (exact) mass is 424 g/mol. The zero-order valence-corrected chi connectivity index (χ0v) is 17.9. The van der Waals surface area contributed by atoms with Crippen LogP contribution in [0.25, 0.3) is 0 Å². The van der Waals surface area contributed by atoms with E-state index in [4.69, 9.17) is 4.42 Å². The number of nitrogens with zero attached hydrogens (tertiary/aromatic N) is 3. The lowest BCUT2D eigenvalue weighted by molar-refractivity contribution is -0.130. The van der Waals surface area contributed by atoms with Crippen LogP contribution in [0.2, 0.25) is 0 Å². The predicted molar refractivity (Wildman–Crippen MR) is 117 cm³/mol. The van der Waals surface area contributed by atoms with Crippen LogP contribution in [0.15, 0.2) is 46.4 Å². The molecule has 1 fully saturated rings. The van der Waals surface area contributed by atoms with Gasteiger partial charge in [-0.1, -0.05) is 12.1 Å². The minimum atomic E-state index is -0.263. The second-order valence-electron chi connectivity index (χ2n) is 7.37. The molecule has 2 aromatic heterocycles. The van der Waals surface area contributed by atoms with E-state index >= 15 is 0 Å². The molecule has 0 radical (unpaired) electrons. The molecule has 1 aliphatic heterocycles. The zero-order chi connectivity index (χ0) is 21.1. The predicted octanol–water partition coefficient (Wildman–Crippen LogP) is 3.50. The van der Waals surface area contributed by atoms with E-state index < -0.39 is 0 Å². The van der Waals surface area contributed by atoms with Crippen molar-refractivity contribution in [2.75, 3.05) is 36.4 Å². The van der Waals surface area contributed by atoms with Gasteiger partial charge in [-0.15, -0.1) is 11.3 Å². The number of hydrogen-bond donors (Lipinski definition) is 1. The summed E-state index contributed by atoms with van der Waals surface area (Å²) < 4.78 is 5.16. The summed E-state index contributed by atoms with van der Waals surface area (Å²) in [4.78, 5) is 33.6. The molecule has 0 atom stereocenters. The number of aromatic nitrogens is 1. The van der Waals surface area contributed by atoms with Gasteiger partial charge in [0.25, 0.3) is 5.91 Å². The number of carbonyl (C=O) groups is 2. The molecular weight excluding hydrogens is 400 g/mol. The quantitative estimate of drug-likeness (QED) is 0.678. The fraction of sp³-hybridized carbons (Fsp3) is 0.318. The first-order valence-electron chi connectivity index (χ1n) is 9.89. The first kappa shape index (κ1) is 20.2. The van der Waals surface area contributed by atoms with E-state index in [0.29, 0.717) is 35.2 Å². The molecule has 4 rings (SSSR count). The van der Waals surface area contributed by atoms with Gasteiger partial charge in [0.15, 0.2) is 5.13 Å². The van der Waals surface area contributed by atoms with E-state index in [9.17, 15) is 9.59 Å². The molecular formula is C22H24N4O3S. The second kappa shape index (κ2) is 8.71. The third kappa shape index (κ3) is 4.54. The number of thiazole rings is 1. The summed E-state index contributed by atoms with van der Waals surface area (Å²) in [6, 6.07) is 10.1. The summed E-state index contributed by atoms with van der Waals surface area (Å²) in [5.74, 6) is 0.359. The average Bonchev–Trinajstić information content (AvgIpc) is 3.36. The number of rotatable bonds is 5. The van der Waals surface area contributed by atoms with Crippen molar-refractivity contribution < 1.29 is 14.0 Å². The lowest BCUT2D eigenvalue weighted by atomic mass is 10.2. The maximum absolute atomic E-state index is 12.7. The van der Waals surface area contributed by atoms with E-state index in [-0.39, 0.29) is 18.2 Å². The number of piperazine rings is 1. The molecule has 7 nitrogen and oxygen atoms in total. The van der Waals surface area contributed by atoms with Crippen LogP contribution < -0.4 is 10.2 Å². The maximum Gasteiger partial charge on any atom is 0.260 e. The Morgan fingerprint density at radius 2 is 1.97 bits per heavy atom. The first-order valence-corrected chi connectivity index (χ1v) is 10.8. The Bertz CT molecular complexity index is 1050. The highest BCUT2D eigenvalue weighted by molar-refractivity contribution is 7.14. The Morgan fingerprint density at radius 3 is 2.67 bits per heavy atom. The fourth-order valence-corrected chi connectivity index (χ4v) is 4.24. The topological polar surface area (TPSA) is 78.7 Å². The smallest absolute Gasteiger partial charge is 0.260 e. The molecule has 30 heavy (non-hydrogen) atoms. The standard InChI is InChI=1S/C22H24N4O3S/c1-15-4-3-5-18(12-15)25-7-9-26(10-8-25)20(27)13-17-14-30-22(23-17)24-21(28)19-6-11-29-16(19)2/h3-6,11-12,14H,7-10,13H2,1-2H3,(H,23,24,28). The fourth-order valence-electron chi connectivity index (χ4n) is 3.54. The number of furan rings is 1. The van der Waals surface area contributed by atoms with Crippen LogP contribution in [0.5, 0.6) is 0 Å². The third-order valence-corrected chi connectivity index (χ3v) is 6.01. The first-order chi connectivity index (χ1) is 14.5. The Labute approximate surface area is 179 Å². The molecule has 3 aromatic rings. The number of anilines is 2. The van der Waals surface area contributed by atoms with Gasteiger partial charge in [0.1, 0.15) is 5.76 Å². The van der Waals surface area contributed by atoms with Gasteiger partial charge in [-0.3, -0.25) is 14.9 Å². The number of amides is 2. The van der Waals surface area contributed by atoms with Crippen LogP contribution in [0.4, 0.5) is 10.8 Å². The van der Waals surface area contributed by atoms with Gasteiger partial charge in [0.05, 0.1) is 23.9 Å². The molecule has 2 amide bonds. The van der Waals surface area contributed by atoms with Gasteiger partial charge in [-0.25, -0.2) is 4.98 Å². The molecule has 0 spiro atoms. The Balaban J connectivity index is 1.30. The Hall–Kier alpha value is -3.13. The largest absolute Gasteiger partial charge is 0.469 e. The summed E-state index contributed by atoms with van der Waals surface area (Å²) in [5.41, 5.74) is 3.59. The molecule has 1 aliphatic rings. The van der Waals surface area contributed by atoms with E-state index in [1.165, 1.54) is 28.9 Å². The van der Waals surface area contributed by atoms with Gasteiger partial charge in [-0.05, 0) is 37.6 Å². The average molecular weight is 425 g/mol. The van der Waals surface area contributed by atoms with Gasteiger partial charge in [-0.2, -0.15) is 0 Å². The van der Waals surface area contributed by atoms with Crippen molar-refractivity contribution in [1.82, 2.24) is 9.88 Å². The number of nitrogens with one attached hydrogen (secondary N) is 1. The van der Waals surface area contributed by atoms with E-state index in [2.05, 4.69) is 46.4 Å². The highest BCUT2D eigenvalue weighted by Gasteiger charge is 2.22. The van der Waals surface area contributed by atoms with Crippen molar-refractivity contribution in [1.29, 1.82) is 0 Å². The van der Waals surface area contributed by atoms with Crippen LogP contribution in [0.3, 0.4) is 0 Å². The summed E-state index contributed by atoms with van der Waals surface area (Å²) >= 11 is 1.32. The van der Waals surface area contributed by atoms with Crippen molar-refractivity contribution >= 4 is 34.0 Å². The van der Waals surface area contributed by atoms with Crippen molar-refractivity contribution in [3.8, 4) is 0 Å². The normalized spacial score (nSPS) is 14.1. The van der Waals surface area contributed by atoms with Crippen LogP contribution in [-0.4, -0.2) is 47.9 Å². The molecule has 0 bridgehead atoms. The van der Waals surface area contributed by atoms with Gasteiger partial charge >= 0.3 is 0 Å². The lowest BCUT2D eigenvalue weighted by Crippen LogP contribution is -2.49. The Kier molecular flexibility index (Phi) is 5.85. The van der Waals surface area contributed by atoms with Crippen LogP contribution >= 0.6 is 11.3 Å². The summed E-state index contributed by atoms with van der Waals surface area (Å²) in [6.45, 7) is 6.85. The second-order valence-corrected chi connectivity index (χ2v) is 8.23. The Morgan fingerprint density at radius 1 is 1.17 bits per heavy atom. The maximum atomic E-state index is 12.7. The third-order valence-electron chi connectivity index (χ3n) is 5.21. The summed E-state index contributed by atoms with van der Waals surface area (Å²) in [7, 11) is 0. The van der Waals surface area contributed by atoms with Gasteiger partial charge < -0.3 is 14.2 Å². The van der Waals surface area contributed by atoms with E-state index in [1.807, 2.05) is 10.3 Å². The van der Waals surface area contributed by atoms with Crippen molar-refractivity contribution in [2.24, 2.45) is 0 Å². The zero-order valence-electron chi connectivity index (χ0n) is 17.1. The molecule has 3 heterocycles. The molecule has 1 N–H and O–H groups in total. The van der Waals surface area contributed by atoms with Crippen LogP contribution in [0.1, 0.15) is 27.4 Å². The van der Waals surface area contributed by atoms with Crippen LogP contribution in [-0.2, 0) is 11.2 Å². The minimum absolute atomic E-state index is 0.0627. The summed E-state index contributed by atoms with van der Waals surface area (Å²) in [6.07, 6.45) is 1.72. The van der Waals surface area contributed by atoms with Crippen molar-refractivity contribution in [2.45, 2.75) is 20.3 Å². The molecule has 0 unspecified atom stereocenters. The number of carbonyl (C=O) groups excluding carboxylic acids is 2. The van der Waals surface area contributed by atoms with Crippen LogP contribution in [0, 0.1) is 13.8 Å². The number of hydrogen-bond acceptors (Lipinski definition) is 6. The lowest BCUT2D eigenvalue weighted by Gasteiger charge is -2.36. The van der Waals surface area contributed by atoms with Gasteiger partial charge in [0, 0.05) is 37.2 Å². The highest BCUT2D eigenvalue weighted by atomic mass is 32.1. The molecule has 156 valence electrons. The summed E-state index contributed by atoms with van der Waals surface area (Å²) in [5, 5.41) is 5.06. The SMILES string of the molecule is Cc1cccc(N2CCN(C(=O)Cc3csc(NC(=O)c4ccoc4C)n3)CC2)c1. The molecule has 0 saturated carbocycles. The highest BCUT2D eigenvalue weighted by Crippen LogP contribution is 2.20. The molecule has 1 aromatic carbocycles. The molecule has 1 saturated heterocycles.